The van der Waals surface area contributed by atoms with E-state index < -0.39 is 16.8 Å². The van der Waals surface area contributed by atoms with Gasteiger partial charge in [-0.05, 0) is 26.0 Å². The molecule has 0 aliphatic heterocycles. The Morgan fingerprint density at radius 1 is 1.43 bits per heavy atom. The minimum Gasteiger partial charge on any atom is -0.480 e. The lowest BCUT2D eigenvalue weighted by molar-refractivity contribution is -0.139. The molecule has 21 heavy (non-hydrogen) atoms. The van der Waals surface area contributed by atoms with Gasteiger partial charge >= 0.3 is 5.97 Å². The van der Waals surface area contributed by atoms with Crippen molar-refractivity contribution in [3.05, 3.63) is 28.2 Å². The molecule has 1 rings (SSSR count). The van der Waals surface area contributed by atoms with E-state index in [1.165, 1.54) is 0 Å². The van der Waals surface area contributed by atoms with Crippen LogP contribution in [0.5, 0.6) is 0 Å². The third kappa shape index (κ3) is 5.07. The Morgan fingerprint density at radius 2 is 2.05 bits per heavy atom. The number of aliphatic carboxylic acids is 1. The number of carbonyl (C=O) groups is 2. The summed E-state index contributed by atoms with van der Waals surface area (Å²) in [5.41, 5.74) is 6.00. The number of thioether (sulfide) groups is 1. The van der Waals surface area contributed by atoms with Crippen molar-refractivity contribution >= 4 is 52.5 Å². The molecule has 0 bridgehead atoms. The molecule has 8 heteroatoms. The summed E-state index contributed by atoms with van der Waals surface area (Å²) in [6.45, 7) is 3.35. The molecule has 1 amide bonds. The largest absolute Gasteiger partial charge is 0.480 e. The van der Waals surface area contributed by atoms with Crippen LogP contribution in [0.1, 0.15) is 13.8 Å². The first kappa shape index (κ1) is 18.1. The number of amides is 1. The lowest BCUT2D eigenvalue weighted by atomic mass is 10.1. The Bertz CT molecular complexity index is 552. The maximum Gasteiger partial charge on any atom is 0.321 e. The molecule has 0 saturated carbocycles. The van der Waals surface area contributed by atoms with Gasteiger partial charge in [0.25, 0.3) is 0 Å². The van der Waals surface area contributed by atoms with Gasteiger partial charge in [0.15, 0.2) is 0 Å². The van der Waals surface area contributed by atoms with Crippen LogP contribution in [0.15, 0.2) is 18.2 Å². The third-order valence-corrected chi connectivity index (χ3v) is 5.04. The fourth-order valence-electron chi connectivity index (χ4n) is 1.43. The highest BCUT2D eigenvalue weighted by Crippen LogP contribution is 2.31. The van der Waals surface area contributed by atoms with Gasteiger partial charge in [-0.2, -0.15) is 0 Å². The first-order chi connectivity index (χ1) is 9.65. The Kier molecular flexibility index (Phi) is 6.34. The van der Waals surface area contributed by atoms with Gasteiger partial charge in [-0.15, -0.1) is 11.8 Å². The summed E-state index contributed by atoms with van der Waals surface area (Å²) < 4.78 is -0.776. The molecule has 0 aliphatic carbocycles. The Labute approximate surface area is 137 Å². The molecule has 0 spiro atoms. The van der Waals surface area contributed by atoms with Gasteiger partial charge in [0.05, 0.1) is 21.5 Å². The molecule has 1 aromatic carbocycles. The second kappa shape index (κ2) is 7.35. The lowest BCUT2D eigenvalue weighted by Gasteiger charge is -2.27. The van der Waals surface area contributed by atoms with Gasteiger partial charge in [0.2, 0.25) is 5.91 Å². The predicted octanol–water partition coefficient (Wildman–Crippen LogP) is 2.86. The normalized spacial score (nSPS) is 12.8. The number of carboxylic acids is 1. The number of halogens is 2. The highest BCUT2D eigenvalue weighted by molar-refractivity contribution is 8.01. The van der Waals surface area contributed by atoms with E-state index in [-0.39, 0.29) is 16.7 Å². The van der Waals surface area contributed by atoms with Gasteiger partial charge in [0, 0.05) is 4.75 Å². The van der Waals surface area contributed by atoms with Gasteiger partial charge in [0.1, 0.15) is 6.04 Å². The van der Waals surface area contributed by atoms with Crippen molar-refractivity contribution in [1.29, 1.82) is 0 Å². The number of nitrogens with two attached hydrogens (primary N) is 1. The van der Waals surface area contributed by atoms with E-state index in [1.807, 2.05) is 0 Å². The van der Waals surface area contributed by atoms with Crippen molar-refractivity contribution in [2.24, 2.45) is 5.73 Å². The standard InChI is InChI=1S/C13H16Cl2N2O3S/c1-13(2,11(16)12(19)20)21-6-9(18)17-8-5-3-4-7(14)10(8)15/h3-5,11H,6,16H2,1-2H3,(H,17,18)(H,19,20)/t11-/m1/s1. The van der Waals surface area contributed by atoms with Crippen LogP contribution in [-0.2, 0) is 9.59 Å². The average Bonchev–Trinajstić information content (AvgIpc) is 2.41. The molecule has 0 radical (unpaired) electrons. The maximum atomic E-state index is 11.9. The average molecular weight is 351 g/mol. The number of carboxylic acid groups (broad SMARTS) is 1. The summed E-state index contributed by atoms with van der Waals surface area (Å²) in [6, 6.07) is 3.85. The Morgan fingerprint density at radius 3 is 2.62 bits per heavy atom. The predicted molar refractivity (Wildman–Crippen MR) is 87.2 cm³/mol. The zero-order valence-electron chi connectivity index (χ0n) is 11.5. The molecule has 0 aliphatic rings. The van der Waals surface area contributed by atoms with E-state index in [0.717, 1.165) is 11.8 Å². The van der Waals surface area contributed by atoms with Crippen molar-refractivity contribution in [1.82, 2.24) is 0 Å². The zero-order chi connectivity index (χ0) is 16.2. The minimum absolute atomic E-state index is 0.0524. The number of benzene rings is 1. The van der Waals surface area contributed by atoms with Crippen LogP contribution in [0.4, 0.5) is 5.69 Å². The van der Waals surface area contributed by atoms with Crippen molar-refractivity contribution in [3.8, 4) is 0 Å². The summed E-state index contributed by atoms with van der Waals surface area (Å²) in [7, 11) is 0. The minimum atomic E-state index is -1.11. The molecule has 0 unspecified atom stereocenters. The molecule has 0 fully saturated rings. The van der Waals surface area contributed by atoms with Crippen LogP contribution in [0.3, 0.4) is 0 Å². The van der Waals surface area contributed by atoms with E-state index in [1.54, 1.807) is 32.0 Å². The molecule has 1 aromatic rings. The van der Waals surface area contributed by atoms with Crippen LogP contribution >= 0.6 is 35.0 Å². The molecule has 116 valence electrons. The van der Waals surface area contributed by atoms with Crippen LogP contribution in [0, 0.1) is 0 Å². The quantitative estimate of drug-likeness (QED) is 0.733. The van der Waals surface area contributed by atoms with E-state index in [4.69, 9.17) is 34.0 Å². The van der Waals surface area contributed by atoms with Crippen molar-refractivity contribution in [2.75, 3.05) is 11.1 Å². The molecule has 0 saturated heterocycles. The number of carbonyl (C=O) groups excluding carboxylic acids is 1. The second-order valence-corrected chi connectivity index (χ2v) is 7.27. The van der Waals surface area contributed by atoms with E-state index in [9.17, 15) is 9.59 Å². The molecule has 0 aromatic heterocycles. The molecule has 4 N–H and O–H groups in total. The van der Waals surface area contributed by atoms with Gasteiger partial charge in [-0.1, -0.05) is 29.3 Å². The first-order valence-electron chi connectivity index (χ1n) is 6.01. The summed E-state index contributed by atoms with van der Waals surface area (Å²) in [5.74, 6) is -1.36. The zero-order valence-corrected chi connectivity index (χ0v) is 13.9. The maximum absolute atomic E-state index is 11.9. The molecule has 0 heterocycles. The number of hydrogen-bond donors (Lipinski definition) is 3. The monoisotopic (exact) mass is 350 g/mol. The van der Waals surface area contributed by atoms with Crippen molar-refractivity contribution in [2.45, 2.75) is 24.6 Å². The SMILES string of the molecule is CC(C)(SCC(=O)Nc1cccc(Cl)c1Cl)[C@H](N)C(=O)O. The van der Waals surface area contributed by atoms with Crippen LogP contribution in [0.25, 0.3) is 0 Å². The van der Waals surface area contributed by atoms with Crippen LogP contribution in [-0.4, -0.2) is 33.5 Å². The van der Waals surface area contributed by atoms with Gasteiger partial charge in [-0.3, -0.25) is 9.59 Å². The molecular weight excluding hydrogens is 335 g/mol. The molecule has 1 atom stereocenters. The van der Waals surface area contributed by atoms with E-state index in [0.29, 0.717) is 10.7 Å². The van der Waals surface area contributed by atoms with E-state index in [2.05, 4.69) is 5.32 Å². The number of rotatable bonds is 6. The van der Waals surface area contributed by atoms with Gasteiger partial charge < -0.3 is 16.2 Å². The lowest BCUT2D eigenvalue weighted by Crippen LogP contribution is -2.47. The number of anilines is 1. The Hall–Kier alpha value is -0.950. The fourth-order valence-corrected chi connectivity index (χ4v) is 2.63. The van der Waals surface area contributed by atoms with E-state index >= 15 is 0 Å². The van der Waals surface area contributed by atoms with Gasteiger partial charge in [-0.25, -0.2) is 0 Å². The fraction of sp³-hybridized carbons (Fsp3) is 0.385. The van der Waals surface area contributed by atoms with Crippen molar-refractivity contribution in [3.63, 3.8) is 0 Å². The summed E-state index contributed by atoms with van der Waals surface area (Å²) in [6.07, 6.45) is 0. The second-order valence-electron chi connectivity index (χ2n) is 4.86. The molecule has 5 nitrogen and oxygen atoms in total. The Balaban J connectivity index is 2.63. The highest BCUT2D eigenvalue weighted by atomic mass is 35.5. The first-order valence-corrected chi connectivity index (χ1v) is 7.75. The highest BCUT2D eigenvalue weighted by Gasteiger charge is 2.33. The molecular formula is C13H16Cl2N2O3S. The smallest absolute Gasteiger partial charge is 0.321 e. The summed E-state index contributed by atoms with van der Waals surface area (Å²) in [4.78, 5) is 22.8. The number of hydrogen-bond acceptors (Lipinski definition) is 4. The topological polar surface area (TPSA) is 92.4 Å². The summed E-state index contributed by atoms with van der Waals surface area (Å²) in [5, 5.41) is 12.1. The third-order valence-electron chi connectivity index (χ3n) is 2.82. The number of nitrogens with one attached hydrogen (secondary N) is 1. The summed E-state index contributed by atoms with van der Waals surface area (Å²) >= 11 is 13.0. The van der Waals surface area contributed by atoms with Crippen LogP contribution in [0.2, 0.25) is 10.0 Å². The van der Waals surface area contributed by atoms with Crippen LogP contribution < -0.4 is 11.1 Å². The van der Waals surface area contributed by atoms with Crippen molar-refractivity contribution < 1.29 is 14.7 Å².